The first-order valence-corrected chi connectivity index (χ1v) is 10.5. The lowest BCUT2D eigenvalue weighted by Gasteiger charge is -2.04. The molecule has 14 heteroatoms. The third kappa shape index (κ3) is 12.7. The molecule has 0 aromatic carbocycles. The average molecular weight is 586 g/mol. The molecule has 0 saturated heterocycles. The average Bonchev–Trinajstić information content (AvgIpc) is 2.62. The maximum atomic E-state index is 11.6. The summed E-state index contributed by atoms with van der Waals surface area (Å²) in [5, 5.41) is 7.19. The molecule has 0 atom stereocenters. The fourth-order valence-electron chi connectivity index (χ4n) is 1.86. The summed E-state index contributed by atoms with van der Waals surface area (Å²) < 4.78 is 3.59. The first-order valence-electron chi connectivity index (χ1n) is 8.47. The van der Waals surface area contributed by atoms with E-state index in [2.05, 4.69) is 49.6 Å². The molecule has 2 heterocycles. The smallest absolute Gasteiger partial charge is 0.283 e. The van der Waals surface area contributed by atoms with Gasteiger partial charge in [0.1, 0.15) is 0 Å². The second-order valence-electron chi connectivity index (χ2n) is 5.32. The molecular weight excluding hydrogens is 560 g/mol. The van der Waals surface area contributed by atoms with Crippen molar-refractivity contribution in [3.8, 4) is 0 Å². The SMILES string of the molecule is Br.CCCn1ccnc(Br)c1=O.CCCn1ccnc(SC(=N)N)c1=O.NC(N)=S. The Kier molecular flexibility index (Phi) is 17.2. The number of aromatic nitrogens is 4. The molecule has 0 fully saturated rings. The molecule has 2 aromatic heterocycles. The van der Waals surface area contributed by atoms with E-state index in [1.54, 1.807) is 33.9 Å². The van der Waals surface area contributed by atoms with Crippen molar-refractivity contribution < 1.29 is 0 Å². The van der Waals surface area contributed by atoms with Crippen molar-refractivity contribution in [1.82, 2.24) is 19.1 Å². The predicted molar refractivity (Wildman–Crippen MR) is 134 cm³/mol. The van der Waals surface area contributed by atoms with Gasteiger partial charge in [0.2, 0.25) is 0 Å². The van der Waals surface area contributed by atoms with E-state index in [-0.39, 0.29) is 43.4 Å². The van der Waals surface area contributed by atoms with Crippen molar-refractivity contribution >= 4 is 67.2 Å². The second kappa shape index (κ2) is 17.0. The van der Waals surface area contributed by atoms with Crippen LogP contribution in [-0.4, -0.2) is 29.4 Å². The number of hydrogen-bond acceptors (Lipinski definition) is 7. The van der Waals surface area contributed by atoms with E-state index in [1.165, 1.54) is 0 Å². The summed E-state index contributed by atoms with van der Waals surface area (Å²) in [7, 11) is 0. The second-order valence-corrected chi connectivity index (χ2v) is 7.57. The van der Waals surface area contributed by atoms with E-state index < -0.39 is 0 Å². The van der Waals surface area contributed by atoms with Crippen molar-refractivity contribution in [2.45, 2.75) is 44.8 Å². The fourth-order valence-corrected chi connectivity index (χ4v) is 2.73. The predicted octanol–water partition coefficient (Wildman–Crippen LogP) is 1.82. The lowest BCUT2D eigenvalue weighted by atomic mass is 10.5. The molecule has 7 N–H and O–H groups in total. The first-order chi connectivity index (χ1) is 13.6. The van der Waals surface area contributed by atoms with Crippen molar-refractivity contribution in [3.63, 3.8) is 0 Å². The van der Waals surface area contributed by atoms with Crippen LogP contribution in [-0.2, 0) is 13.1 Å². The molecular formula is C16H26Br2N8O2S2. The summed E-state index contributed by atoms with van der Waals surface area (Å²) in [6, 6.07) is 0. The molecule has 0 amide bonds. The van der Waals surface area contributed by atoms with E-state index >= 15 is 0 Å². The van der Waals surface area contributed by atoms with Crippen molar-refractivity contribution in [1.29, 1.82) is 5.41 Å². The van der Waals surface area contributed by atoms with Gasteiger partial charge < -0.3 is 26.3 Å². The molecule has 30 heavy (non-hydrogen) atoms. The highest BCUT2D eigenvalue weighted by atomic mass is 79.9. The summed E-state index contributed by atoms with van der Waals surface area (Å²) in [5.41, 5.74) is 14.2. The van der Waals surface area contributed by atoms with E-state index in [0.717, 1.165) is 31.1 Å². The highest BCUT2D eigenvalue weighted by Crippen LogP contribution is 2.07. The number of thiocarbonyl (C=S) groups is 1. The Morgan fingerprint density at radius 3 is 1.93 bits per heavy atom. The minimum Gasteiger partial charge on any atom is -0.378 e. The van der Waals surface area contributed by atoms with Crippen LogP contribution in [0.15, 0.2) is 44.0 Å². The zero-order chi connectivity index (χ0) is 22.4. The van der Waals surface area contributed by atoms with Crippen molar-refractivity contribution in [2.24, 2.45) is 17.2 Å². The normalized spacial score (nSPS) is 9.17. The Balaban J connectivity index is 0. The highest BCUT2D eigenvalue weighted by molar-refractivity contribution is 9.10. The maximum absolute atomic E-state index is 11.6. The Hall–Kier alpha value is -1.77. The number of halogens is 2. The van der Waals surface area contributed by atoms with E-state index in [9.17, 15) is 9.59 Å². The summed E-state index contributed by atoms with van der Waals surface area (Å²) in [4.78, 5) is 30.5. The molecule has 10 nitrogen and oxygen atoms in total. The van der Waals surface area contributed by atoms with Crippen LogP contribution in [0.4, 0.5) is 0 Å². The number of nitrogens with one attached hydrogen (secondary N) is 1. The van der Waals surface area contributed by atoms with Crippen LogP contribution in [0.5, 0.6) is 0 Å². The van der Waals surface area contributed by atoms with Gasteiger partial charge in [-0.3, -0.25) is 15.0 Å². The standard InChI is InChI=1S/C8H12N4OS.C7H9BrN2O.CH4N2S.BrH/c1-2-4-12-5-3-11-6(7(12)13)14-8(9)10;1-2-4-10-5-3-9-6(8)7(10)11;2-1(3)4;/h3,5H,2,4H2,1H3,(H3,9,10);3,5H,2,4H2,1H3;(H4,2,3,4);1H. The monoisotopic (exact) mass is 584 g/mol. The number of nitrogens with two attached hydrogens (primary N) is 3. The van der Waals surface area contributed by atoms with Crippen molar-refractivity contribution in [2.75, 3.05) is 0 Å². The molecule has 0 aliphatic rings. The largest absolute Gasteiger partial charge is 0.378 e. The number of rotatable bonds is 5. The number of thioether (sulfide) groups is 1. The van der Waals surface area contributed by atoms with Crippen LogP contribution in [0.3, 0.4) is 0 Å². The quantitative estimate of drug-likeness (QED) is 0.177. The molecule has 0 unspecified atom stereocenters. The van der Waals surface area contributed by atoms with Gasteiger partial charge in [0.25, 0.3) is 11.1 Å². The minimum absolute atomic E-state index is 0. The summed E-state index contributed by atoms with van der Waals surface area (Å²) >= 11 is 8.05. The van der Waals surface area contributed by atoms with Crippen molar-refractivity contribution in [3.05, 3.63) is 50.1 Å². The molecule has 2 aromatic rings. The van der Waals surface area contributed by atoms with Gasteiger partial charge >= 0.3 is 0 Å². The van der Waals surface area contributed by atoms with Gasteiger partial charge in [0, 0.05) is 37.9 Å². The molecule has 0 aliphatic heterocycles. The fraction of sp³-hybridized carbons (Fsp3) is 0.375. The third-order valence-corrected chi connectivity index (χ3v) is 4.13. The first kappa shape index (κ1) is 30.4. The van der Waals surface area contributed by atoms with Crippen LogP contribution < -0.4 is 28.3 Å². The lowest BCUT2D eigenvalue weighted by molar-refractivity contribution is 0.632. The molecule has 0 aliphatic carbocycles. The maximum Gasteiger partial charge on any atom is 0.283 e. The number of aryl methyl sites for hydroxylation is 2. The number of hydrogen-bond donors (Lipinski definition) is 4. The summed E-state index contributed by atoms with van der Waals surface area (Å²) in [6.45, 7) is 5.43. The molecule has 0 saturated carbocycles. The zero-order valence-electron chi connectivity index (χ0n) is 16.6. The van der Waals surface area contributed by atoms with Gasteiger partial charge in [-0.2, -0.15) is 0 Å². The molecule has 0 bridgehead atoms. The van der Waals surface area contributed by atoms with Gasteiger partial charge in [0.15, 0.2) is 19.9 Å². The van der Waals surface area contributed by atoms with Gasteiger partial charge in [-0.25, -0.2) is 9.97 Å². The topological polar surface area (TPSA) is 172 Å². The Bertz CT molecular complexity index is 917. The Morgan fingerprint density at radius 2 is 1.50 bits per heavy atom. The van der Waals surface area contributed by atoms with Crippen LogP contribution in [0, 0.1) is 5.41 Å². The zero-order valence-corrected chi connectivity index (χ0v) is 21.5. The number of amidine groups is 1. The van der Waals surface area contributed by atoms with Gasteiger partial charge in [-0.05, 0) is 52.8 Å². The molecule has 168 valence electrons. The summed E-state index contributed by atoms with van der Waals surface area (Å²) in [6.07, 6.45) is 8.32. The molecule has 0 radical (unpaired) electrons. The van der Waals surface area contributed by atoms with Crippen LogP contribution in [0.25, 0.3) is 0 Å². The van der Waals surface area contributed by atoms with Gasteiger partial charge in [-0.1, -0.05) is 13.8 Å². The van der Waals surface area contributed by atoms with Gasteiger partial charge in [-0.15, -0.1) is 17.0 Å². The molecule has 0 spiro atoms. The van der Waals surface area contributed by atoms with E-state index in [4.69, 9.17) is 11.1 Å². The summed E-state index contributed by atoms with van der Waals surface area (Å²) in [5.74, 6) is 0. The number of nitrogens with zero attached hydrogens (tertiary/aromatic N) is 4. The van der Waals surface area contributed by atoms with Crippen LogP contribution in [0.1, 0.15) is 26.7 Å². The third-order valence-electron chi connectivity index (χ3n) is 2.89. The van der Waals surface area contributed by atoms with E-state index in [1.807, 2.05) is 13.8 Å². The lowest BCUT2D eigenvalue weighted by Crippen LogP contribution is -2.23. The molecule has 2 rings (SSSR count). The highest BCUT2D eigenvalue weighted by Gasteiger charge is 2.06. The minimum atomic E-state index is -0.186. The van der Waals surface area contributed by atoms with Crippen LogP contribution in [0.2, 0.25) is 0 Å². The van der Waals surface area contributed by atoms with Crippen LogP contribution >= 0.6 is 56.9 Å². The van der Waals surface area contributed by atoms with E-state index in [0.29, 0.717) is 11.1 Å². The Labute approximate surface area is 203 Å². The van der Waals surface area contributed by atoms with Gasteiger partial charge in [0.05, 0.1) is 0 Å². The Morgan fingerprint density at radius 1 is 1.07 bits per heavy atom.